The Bertz CT molecular complexity index is 352. The molecule has 0 bridgehead atoms. The SMILES string of the molecule is CC(C)CCC(C)(CN)Nc1cccc(F)c1. The summed E-state index contributed by atoms with van der Waals surface area (Å²) in [7, 11) is 0. The minimum absolute atomic E-state index is 0.169. The molecule has 0 aliphatic heterocycles. The van der Waals surface area contributed by atoms with Crippen molar-refractivity contribution < 1.29 is 4.39 Å². The largest absolute Gasteiger partial charge is 0.379 e. The molecule has 3 N–H and O–H groups in total. The molecule has 1 rings (SSSR count). The van der Waals surface area contributed by atoms with Gasteiger partial charge >= 0.3 is 0 Å². The molecule has 0 heterocycles. The van der Waals surface area contributed by atoms with Crippen molar-refractivity contribution in [1.29, 1.82) is 0 Å². The van der Waals surface area contributed by atoms with Crippen LogP contribution in [-0.2, 0) is 0 Å². The predicted octanol–water partition coefficient (Wildman–Crippen LogP) is 3.39. The van der Waals surface area contributed by atoms with Gasteiger partial charge in [0.1, 0.15) is 5.82 Å². The molecule has 0 saturated carbocycles. The second-order valence-electron chi connectivity index (χ2n) is 5.33. The lowest BCUT2D eigenvalue weighted by Gasteiger charge is -2.31. The van der Waals surface area contributed by atoms with Gasteiger partial charge in [-0.3, -0.25) is 0 Å². The maximum absolute atomic E-state index is 13.1. The van der Waals surface area contributed by atoms with E-state index in [1.54, 1.807) is 6.07 Å². The van der Waals surface area contributed by atoms with E-state index in [-0.39, 0.29) is 11.4 Å². The number of nitrogens with one attached hydrogen (secondary N) is 1. The zero-order chi connectivity index (χ0) is 12.9. The average Bonchev–Trinajstić information content (AvgIpc) is 2.26. The van der Waals surface area contributed by atoms with Crippen LogP contribution in [0.1, 0.15) is 33.6 Å². The van der Waals surface area contributed by atoms with E-state index in [1.165, 1.54) is 12.1 Å². The molecule has 0 radical (unpaired) electrons. The van der Waals surface area contributed by atoms with Gasteiger partial charge in [-0.05, 0) is 43.9 Å². The molecule has 0 saturated heterocycles. The first-order chi connectivity index (χ1) is 7.95. The highest BCUT2D eigenvalue weighted by atomic mass is 19.1. The van der Waals surface area contributed by atoms with E-state index in [9.17, 15) is 4.39 Å². The zero-order valence-electron chi connectivity index (χ0n) is 11.0. The van der Waals surface area contributed by atoms with Crippen LogP contribution in [0.2, 0.25) is 0 Å². The van der Waals surface area contributed by atoms with Crippen LogP contribution in [0, 0.1) is 11.7 Å². The van der Waals surface area contributed by atoms with Crippen molar-refractivity contribution in [3.05, 3.63) is 30.1 Å². The van der Waals surface area contributed by atoms with Crippen LogP contribution in [0.5, 0.6) is 0 Å². The number of benzene rings is 1. The Morgan fingerprint density at radius 1 is 1.41 bits per heavy atom. The van der Waals surface area contributed by atoms with Gasteiger partial charge in [0.05, 0.1) is 0 Å². The first-order valence-corrected chi connectivity index (χ1v) is 6.19. The fourth-order valence-corrected chi connectivity index (χ4v) is 1.74. The van der Waals surface area contributed by atoms with E-state index < -0.39 is 0 Å². The molecule has 17 heavy (non-hydrogen) atoms. The maximum Gasteiger partial charge on any atom is 0.125 e. The van der Waals surface area contributed by atoms with Crippen molar-refractivity contribution in [1.82, 2.24) is 0 Å². The second kappa shape index (κ2) is 6.01. The number of nitrogens with two attached hydrogens (primary N) is 1. The smallest absolute Gasteiger partial charge is 0.125 e. The van der Waals surface area contributed by atoms with E-state index in [4.69, 9.17) is 5.73 Å². The lowest BCUT2D eigenvalue weighted by Crippen LogP contribution is -2.42. The van der Waals surface area contributed by atoms with Gasteiger partial charge in [-0.25, -0.2) is 4.39 Å². The first kappa shape index (κ1) is 14.0. The van der Waals surface area contributed by atoms with Crippen molar-refractivity contribution in [2.75, 3.05) is 11.9 Å². The molecule has 0 aliphatic carbocycles. The van der Waals surface area contributed by atoms with Crippen molar-refractivity contribution >= 4 is 5.69 Å². The number of hydrogen-bond donors (Lipinski definition) is 2. The molecular weight excluding hydrogens is 215 g/mol. The number of halogens is 1. The summed E-state index contributed by atoms with van der Waals surface area (Å²) in [6.45, 7) is 7.01. The number of hydrogen-bond acceptors (Lipinski definition) is 2. The van der Waals surface area contributed by atoms with Gasteiger partial charge in [0.2, 0.25) is 0 Å². The third-order valence-corrected chi connectivity index (χ3v) is 2.99. The zero-order valence-corrected chi connectivity index (χ0v) is 11.0. The minimum Gasteiger partial charge on any atom is -0.379 e. The molecule has 96 valence electrons. The molecule has 1 unspecified atom stereocenters. The molecule has 3 heteroatoms. The quantitative estimate of drug-likeness (QED) is 0.797. The lowest BCUT2D eigenvalue weighted by atomic mass is 9.91. The van der Waals surface area contributed by atoms with Crippen molar-refractivity contribution in [2.45, 2.75) is 39.2 Å². The van der Waals surface area contributed by atoms with Gasteiger partial charge in [-0.1, -0.05) is 19.9 Å². The lowest BCUT2D eigenvalue weighted by molar-refractivity contribution is 0.420. The van der Waals surface area contributed by atoms with Gasteiger partial charge in [-0.2, -0.15) is 0 Å². The van der Waals surface area contributed by atoms with Gasteiger partial charge in [0.15, 0.2) is 0 Å². The molecule has 0 fully saturated rings. The van der Waals surface area contributed by atoms with Gasteiger partial charge in [-0.15, -0.1) is 0 Å². The average molecular weight is 238 g/mol. The molecule has 0 aromatic heterocycles. The third kappa shape index (κ3) is 4.73. The summed E-state index contributed by atoms with van der Waals surface area (Å²) in [6.07, 6.45) is 2.09. The van der Waals surface area contributed by atoms with Crippen LogP contribution in [0.15, 0.2) is 24.3 Å². The Morgan fingerprint density at radius 2 is 2.12 bits per heavy atom. The Labute approximate surface area is 103 Å². The Kier molecular flexibility index (Phi) is 4.94. The number of anilines is 1. The highest BCUT2D eigenvalue weighted by Crippen LogP contribution is 2.21. The number of rotatable bonds is 6. The van der Waals surface area contributed by atoms with E-state index in [0.717, 1.165) is 18.5 Å². The van der Waals surface area contributed by atoms with Crippen molar-refractivity contribution in [2.24, 2.45) is 11.7 Å². The van der Waals surface area contributed by atoms with Crippen molar-refractivity contribution in [3.8, 4) is 0 Å². The third-order valence-electron chi connectivity index (χ3n) is 2.99. The highest BCUT2D eigenvalue weighted by molar-refractivity contribution is 5.45. The van der Waals surface area contributed by atoms with Crippen LogP contribution >= 0.6 is 0 Å². The summed E-state index contributed by atoms with van der Waals surface area (Å²) >= 11 is 0. The minimum atomic E-state index is -0.224. The monoisotopic (exact) mass is 238 g/mol. The Hall–Kier alpha value is -1.09. The standard InChI is InChI=1S/C14H23FN2/c1-11(2)7-8-14(3,10-16)17-13-6-4-5-12(15)9-13/h4-6,9,11,17H,7-8,10,16H2,1-3H3. The fourth-order valence-electron chi connectivity index (χ4n) is 1.74. The first-order valence-electron chi connectivity index (χ1n) is 6.19. The molecule has 2 nitrogen and oxygen atoms in total. The van der Waals surface area contributed by atoms with Crippen LogP contribution < -0.4 is 11.1 Å². The normalized spacial score (nSPS) is 14.7. The van der Waals surface area contributed by atoms with E-state index in [1.807, 2.05) is 6.07 Å². The Morgan fingerprint density at radius 3 is 2.65 bits per heavy atom. The summed E-state index contributed by atoms with van der Waals surface area (Å²) in [4.78, 5) is 0. The topological polar surface area (TPSA) is 38.0 Å². The summed E-state index contributed by atoms with van der Waals surface area (Å²) in [5, 5.41) is 3.34. The summed E-state index contributed by atoms with van der Waals surface area (Å²) in [5.41, 5.74) is 6.45. The summed E-state index contributed by atoms with van der Waals surface area (Å²) in [6, 6.07) is 6.52. The van der Waals surface area contributed by atoms with Crippen LogP contribution in [0.4, 0.5) is 10.1 Å². The Balaban J connectivity index is 2.67. The molecule has 0 aliphatic rings. The van der Waals surface area contributed by atoms with Crippen LogP contribution in [0.25, 0.3) is 0 Å². The fraction of sp³-hybridized carbons (Fsp3) is 0.571. The molecule has 1 aromatic carbocycles. The molecule has 0 amide bonds. The van der Waals surface area contributed by atoms with Gasteiger partial charge in [0, 0.05) is 17.8 Å². The highest BCUT2D eigenvalue weighted by Gasteiger charge is 2.22. The van der Waals surface area contributed by atoms with Gasteiger partial charge < -0.3 is 11.1 Å². The van der Waals surface area contributed by atoms with E-state index >= 15 is 0 Å². The van der Waals surface area contributed by atoms with Crippen LogP contribution in [-0.4, -0.2) is 12.1 Å². The van der Waals surface area contributed by atoms with Gasteiger partial charge in [0.25, 0.3) is 0 Å². The molecule has 1 atom stereocenters. The van der Waals surface area contributed by atoms with E-state index in [0.29, 0.717) is 12.5 Å². The summed E-state index contributed by atoms with van der Waals surface area (Å²) in [5.74, 6) is 0.424. The predicted molar refractivity (Wildman–Crippen MR) is 71.6 cm³/mol. The molecule has 0 spiro atoms. The van der Waals surface area contributed by atoms with Crippen molar-refractivity contribution in [3.63, 3.8) is 0 Å². The summed E-state index contributed by atoms with van der Waals surface area (Å²) < 4.78 is 13.1. The maximum atomic E-state index is 13.1. The molecular formula is C14H23FN2. The second-order valence-corrected chi connectivity index (χ2v) is 5.33. The van der Waals surface area contributed by atoms with Crippen LogP contribution in [0.3, 0.4) is 0 Å². The molecule has 1 aromatic rings. The van der Waals surface area contributed by atoms with E-state index in [2.05, 4.69) is 26.1 Å².